The van der Waals surface area contributed by atoms with E-state index in [0.717, 1.165) is 0 Å². The zero-order valence-electron chi connectivity index (χ0n) is 7.11. The Morgan fingerprint density at radius 3 is 2.58 bits per heavy atom. The van der Waals surface area contributed by atoms with Crippen molar-refractivity contribution in [1.29, 1.82) is 0 Å². The Labute approximate surface area is 70.5 Å². The average Bonchev–Trinajstić information content (AvgIpc) is 2.30. The molecule has 1 heterocycles. The second kappa shape index (κ2) is 3.13. The molecule has 0 radical (unpaired) electrons. The van der Waals surface area contributed by atoms with Crippen molar-refractivity contribution in [3.05, 3.63) is 0 Å². The topological polar surface area (TPSA) is 63.6 Å². The molecule has 1 aliphatic heterocycles. The lowest BCUT2D eigenvalue weighted by Crippen LogP contribution is -2.28. The van der Waals surface area contributed by atoms with Crippen molar-refractivity contribution in [1.82, 2.24) is 0 Å². The molecule has 1 aliphatic rings. The molecule has 1 rings (SSSR count). The number of carbonyl (C=O) groups excluding carboxylic acids is 1. The van der Waals surface area contributed by atoms with E-state index in [1.165, 1.54) is 0 Å². The normalized spacial score (nSPS) is 29.1. The highest BCUT2D eigenvalue weighted by atomic mass is 16.5. The molecular formula is C8H12O4. The van der Waals surface area contributed by atoms with E-state index in [2.05, 4.69) is 4.74 Å². The zero-order chi connectivity index (χ0) is 9.30. The molecule has 0 unspecified atom stereocenters. The number of ether oxygens (including phenoxy) is 1. The highest BCUT2D eigenvalue weighted by molar-refractivity contribution is 5.95. The van der Waals surface area contributed by atoms with E-state index in [0.29, 0.717) is 0 Å². The van der Waals surface area contributed by atoms with E-state index in [1.807, 2.05) is 13.8 Å². The Morgan fingerprint density at radius 1 is 1.67 bits per heavy atom. The highest BCUT2D eigenvalue weighted by Crippen LogP contribution is 2.28. The van der Waals surface area contributed by atoms with Gasteiger partial charge in [0.05, 0.1) is 6.61 Å². The number of rotatable bonds is 2. The summed E-state index contributed by atoms with van der Waals surface area (Å²) in [6.45, 7) is 4.03. The van der Waals surface area contributed by atoms with Gasteiger partial charge >= 0.3 is 11.9 Å². The maximum atomic E-state index is 10.9. The van der Waals surface area contributed by atoms with Crippen LogP contribution in [0.4, 0.5) is 0 Å². The van der Waals surface area contributed by atoms with E-state index in [1.54, 1.807) is 0 Å². The van der Waals surface area contributed by atoms with Crippen LogP contribution in [0.25, 0.3) is 0 Å². The largest absolute Gasteiger partial charge is 0.481 e. The van der Waals surface area contributed by atoms with Gasteiger partial charge in [-0.1, -0.05) is 13.8 Å². The molecule has 68 valence electrons. The van der Waals surface area contributed by atoms with E-state index in [-0.39, 0.29) is 18.4 Å². The van der Waals surface area contributed by atoms with Crippen LogP contribution in [-0.4, -0.2) is 23.7 Å². The van der Waals surface area contributed by atoms with Crippen LogP contribution in [0.2, 0.25) is 0 Å². The number of hydrogen-bond donors (Lipinski definition) is 1. The first-order chi connectivity index (χ1) is 5.54. The van der Waals surface area contributed by atoms with Gasteiger partial charge in [0.15, 0.2) is 5.92 Å². The van der Waals surface area contributed by atoms with Gasteiger partial charge in [-0.15, -0.1) is 0 Å². The number of carbonyl (C=O) groups is 2. The number of cyclic esters (lactones) is 1. The molecule has 12 heavy (non-hydrogen) atoms. The lowest BCUT2D eigenvalue weighted by molar-refractivity contribution is -0.152. The molecule has 1 saturated heterocycles. The smallest absolute Gasteiger partial charge is 0.320 e. The number of hydrogen-bond acceptors (Lipinski definition) is 3. The first-order valence-corrected chi connectivity index (χ1v) is 3.93. The van der Waals surface area contributed by atoms with Crippen molar-refractivity contribution in [2.75, 3.05) is 6.61 Å². The fourth-order valence-electron chi connectivity index (χ4n) is 1.40. The fourth-order valence-corrected chi connectivity index (χ4v) is 1.40. The summed E-state index contributed by atoms with van der Waals surface area (Å²) < 4.78 is 4.68. The highest BCUT2D eigenvalue weighted by Gasteiger charge is 2.43. The minimum absolute atomic E-state index is 0.164. The minimum atomic E-state index is -1.07. The first kappa shape index (κ1) is 9.03. The number of carboxylic acids is 1. The molecule has 0 aromatic rings. The standard InChI is InChI=1S/C8H12O4/c1-4(2)5-3-12-8(11)6(5)7(9)10/h4-6H,3H2,1-2H3,(H,9,10)/t5-,6+/m1/s1. The van der Waals surface area contributed by atoms with Crippen LogP contribution in [0.15, 0.2) is 0 Å². The van der Waals surface area contributed by atoms with E-state index < -0.39 is 17.9 Å². The summed E-state index contributed by atoms with van der Waals surface area (Å²) in [5.41, 5.74) is 0. The molecule has 0 aromatic carbocycles. The lowest BCUT2D eigenvalue weighted by Gasteiger charge is -2.14. The molecule has 1 N–H and O–H groups in total. The molecule has 4 heteroatoms. The molecule has 0 spiro atoms. The molecular weight excluding hydrogens is 160 g/mol. The third-order valence-electron chi connectivity index (χ3n) is 2.22. The van der Waals surface area contributed by atoms with Crippen LogP contribution < -0.4 is 0 Å². The van der Waals surface area contributed by atoms with Crippen molar-refractivity contribution < 1.29 is 19.4 Å². The monoisotopic (exact) mass is 172 g/mol. The number of aliphatic carboxylic acids is 1. The van der Waals surface area contributed by atoms with Gasteiger partial charge in [-0.3, -0.25) is 9.59 Å². The zero-order valence-corrected chi connectivity index (χ0v) is 7.11. The first-order valence-electron chi connectivity index (χ1n) is 3.93. The van der Waals surface area contributed by atoms with Crippen LogP contribution in [0.5, 0.6) is 0 Å². The quantitative estimate of drug-likeness (QED) is 0.487. The van der Waals surface area contributed by atoms with Crippen LogP contribution in [0.3, 0.4) is 0 Å². The Balaban J connectivity index is 2.77. The van der Waals surface area contributed by atoms with Crippen LogP contribution >= 0.6 is 0 Å². The van der Waals surface area contributed by atoms with Crippen molar-refractivity contribution in [2.24, 2.45) is 17.8 Å². The van der Waals surface area contributed by atoms with E-state index >= 15 is 0 Å². The van der Waals surface area contributed by atoms with Crippen LogP contribution in [0, 0.1) is 17.8 Å². The van der Waals surface area contributed by atoms with Gasteiger partial charge < -0.3 is 9.84 Å². The predicted molar refractivity (Wildman–Crippen MR) is 40.4 cm³/mol. The van der Waals surface area contributed by atoms with Crippen LogP contribution in [-0.2, 0) is 14.3 Å². The second-order valence-corrected chi connectivity index (χ2v) is 3.35. The molecule has 0 saturated carbocycles. The van der Waals surface area contributed by atoms with E-state index in [4.69, 9.17) is 5.11 Å². The molecule has 0 amide bonds. The van der Waals surface area contributed by atoms with Crippen LogP contribution in [0.1, 0.15) is 13.8 Å². The average molecular weight is 172 g/mol. The summed E-state index contributed by atoms with van der Waals surface area (Å²) in [5, 5.41) is 8.70. The molecule has 4 nitrogen and oxygen atoms in total. The Hall–Kier alpha value is -1.06. The van der Waals surface area contributed by atoms with Gasteiger partial charge in [0.2, 0.25) is 0 Å². The summed E-state index contributed by atoms with van der Waals surface area (Å²) in [6, 6.07) is 0. The fraction of sp³-hybridized carbons (Fsp3) is 0.750. The third-order valence-corrected chi connectivity index (χ3v) is 2.22. The summed E-state index contributed by atoms with van der Waals surface area (Å²) in [7, 11) is 0. The van der Waals surface area contributed by atoms with E-state index in [9.17, 15) is 9.59 Å². The third kappa shape index (κ3) is 1.42. The molecule has 0 aliphatic carbocycles. The number of esters is 1. The Kier molecular flexibility index (Phi) is 2.35. The van der Waals surface area contributed by atoms with Crippen molar-refractivity contribution >= 4 is 11.9 Å². The van der Waals surface area contributed by atoms with Gasteiger partial charge in [0.25, 0.3) is 0 Å². The maximum Gasteiger partial charge on any atom is 0.320 e. The summed E-state index contributed by atoms with van der Waals surface area (Å²) in [6.07, 6.45) is 0. The predicted octanol–water partition coefficient (Wildman–Crippen LogP) is 0.516. The SMILES string of the molecule is CC(C)[C@H]1COC(=O)[C@@H]1C(=O)O. The summed E-state index contributed by atoms with van der Waals surface area (Å²) in [4.78, 5) is 21.6. The Morgan fingerprint density at radius 2 is 2.25 bits per heavy atom. The van der Waals surface area contributed by atoms with Crippen molar-refractivity contribution in [3.63, 3.8) is 0 Å². The number of carboxylic acid groups (broad SMARTS) is 1. The summed E-state index contributed by atoms with van der Waals surface area (Å²) >= 11 is 0. The van der Waals surface area contributed by atoms with Crippen molar-refractivity contribution in [2.45, 2.75) is 13.8 Å². The molecule has 0 aromatic heterocycles. The lowest BCUT2D eigenvalue weighted by atomic mass is 9.86. The van der Waals surface area contributed by atoms with Gasteiger partial charge in [-0.05, 0) is 5.92 Å². The Bertz CT molecular complexity index is 209. The molecule has 2 atom stereocenters. The summed E-state index contributed by atoms with van der Waals surface area (Å²) in [5.74, 6) is -2.63. The maximum absolute atomic E-state index is 10.9. The van der Waals surface area contributed by atoms with Gasteiger partial charge in [0.1, 0.15) is 0 Å². The van der Waals surface area contributed by atoms with Crippen molar-refractivity contribution in [3.8, 4) is 0 Å². The molecule has 1 fully saturated rings. The van der Waals surface area contributed by atoms with Gasteiger partial charge in [-0.2, -0.15) is 0 Å². The van der Waals surface area contributed by atoms with Gasteiger partial charge in [-0.25, -0.2) is 0 Å². The van der Waals surface area contributed by atoms with Gasteiger partial charge in [0, 0.05) is 5.92 Å². The minimum Gasteiger partial charge on any atom is -0.481 e. The molecule has 0 bridgehead atoms. The second-order valence-electron chi connectivity index (χ2n) is 3.35.